The molecule has 4 heteroatoms. The molecule has 0 bridgehead atoms. The minimum atomic E-state index is -0.0849. The highest BCUT2D eigenvalue weighted by Gasteiger charge is 2.10. The van der Waals surface area contributed by atoms with Crippen LogP contribution in [0, 0.1) is 0 Å². The number of pyridine rings is 1. The number of nitrogens with zero attached hydrogens (tertiary/aromatic N) is 1. The molecule has 0 aliphatic heterocycles. The lowest BCUT2D eigenvalue weighted by atomic mass is 10.2. The van der Waals surface area contributed by atoms with Gasteiger partial charge in [-0.1, -0.05) is 18.2 Å². The number of aromatic nitrogens is 1. The Morgan fingerprint density at radius 3 is 2.68 bits per heavy atom. The third-order valence-electron chi connectivity index (χ3n) is 2.62. The molecule has 1 heterocycles. The molecule has 2 rings (SSSR count). The molecule has 19 heavy (non-hydrogen) atoms. The Kier molecular flexibility index (Phi) is 4.75. The van der Waals surface area contributed by atoms with Gasteiger partial charge in [0, 0.05) is 11.8 Å². The number of rotatable bonds is 6. The third kappa shape index (κ3) is 3.45. The Morgan fingerprint density at radius 2 is 2.00 bits per heavy atom. The van der Waals surface area contributed by atoms with Crippen molar-refractivity contribution in [1.82, 2.24) is 4.98 Å². The molecule has 1 aromatic carbocycles. The average molecular weight is 259 g/mol. The zero-order valence-corrected chi connectivity index (χ0v) is 10.9. The van der Waals surface area contributed by atoms with Crippen molar-refractivity contribution in [3.05, 3.63) is 53.9 Å². The van der Waals surface area contributed by atoms with Crippen LogP contribution < -0.4 is 9.47 Å². The maximum absolute atomic E-state index is 9.36. The fourth-order valence-electron chi connectivity index (χ4n) is 1.75. The summed E-state index contributed by atoms with van der Waals surface area (Å²) < 4.78 is 11.3. The molecule has 0 atom stereocenters. The van der Waals surface area contributed by atoms with Crippen LogP contribution in [0.25, 0.3) is 0 Å². The highest BCUT2D eigenvalue weighted by atomic mass is 16.5. The monoisotopic (exact) mass is 259 g/mol. The zero-order valence-electron chi connectivity index (χ0n) is 10.9. The molecule has 0 unspecified atom stereocenters. The van der Waals surface area contributed by atoms with E-state index in [9.17, 15) is 5.11 Å². The number of hydrogen-bond donors (Lipinski definition) is 1. The summed E-state index contributed by atoms with van der Waals surface area (Å²) in [5.74, 6) is 1.22. The molecule has 1 N–H and O–H groups in total. The van der Waals surface area contributed by atoms with Crippen LogP contribution in [-0.2, 0) is 13.2 Å². The molecular weight excluding hydrogens is 242 g/mol. The van der Waals surface area contributed by atoms with Gasteiger partial charge in [-0.25, -0.2) is 0 Å². The number of ether oxygens (including phenoxy) is 2. The first-order chi connectivity index (χ1) is 9.35. The maximum Gasteiger partial charge on any atom is 0.167 e. The summed E-state index contributed by atoms with van der Waals surface area (Å²) in [4.78, 5) is 4.20. The van der Waals surface area contributed by atoms with Gasteiger partial charge in [0.1, 0.15) is 6.61 Å². The minimum absolute atomic E-state index is 0.0849. The molecule has 0 saturated heterocycles. The second-order valence-electron chi connectivity index (χ2n) is 3.95. The summed E-state index contributed by atoms with van der Waals surface area (Å²) in [6.07, 6.45) is 1.72. The molecule has 0 radical (unpaired) electrons. The number of hydrogen-bond acceptors (Lipinski definition) is 4. The molecule has 100 valence electrons. The highest BCUT2D eigenvalue weighted by molar-refractivity contribution is 5.46. The van der Waals surface area contributed by atoms with Crippen LogP contribution in [0.2, 0.25) is 0 Å². The van der Waals surface area contributed by atoms with Gasteiger partial charge >= 0.3 is 0 Å². The van der Waals surface area contributed by atoms with E-state index in [2.05, 4.69) is 4.98 Å². The van der Waals surface area contributed by atoms with Gasteiger partial charge in [-0.2, -0.15) is 0 Å². The number of aliphatic hydroxyl groups excluding tert-OH is 1. The molecule has 0 aliphatic carbocycles. The van der Waals surface area contributed by atoms with Crippen molar-refractivity contribution in [3.8, 4) is 11.5 Å². The summed E-state index contributed by atoms with van der Waals surface area (Å²) in [6, 6.07) is 11.1. The second kappa shape index (κ2) is 6.75. The first-order valence-corrected chi connectivity index (χ1v) is 6.23. The van der Waals surface area contributed by atoms with Crippen LogP contribution in [0.3, 0.4) is 0 Å². The van der Waals surface area contributed by atoms with Gasteiger partial charge in [-0.3, -0.25) is 4.98 Å². The van der Waals surface area contributed by atoms with Gasteiger partial charge in [0.25, 0.3) is 0 Å². The summed E-state index contributed by atoms with van der Waals surface area (Å²) >= 11 is 0. The Balaban J connectivity index is 2.17. The van der Waals surface area contributed by atoms with Gasteiger partial charge in [0.2, 0.25) is 0 Å². The molecule has 0 aliphatic rings. The summed E-state index contributed by atoms with van der Waals surface area (Å²) in [6.45, 7) is 2.72. The van der Waals surface area contributed by atoms with Crippen LogP contribution >= 0.6 is 0 Å². The first-order valence-electron chi connectivity index (χ1n) is 6.23. The summed E-state index contributed by atoms with van der Waals surface area (Å²) in [7, 11) is 0. The van der Waals surface area contributed by atoms with Crippen LogP contribution in [0.4, 0.5) is 0 Å². The quantitative estimate of drug-likeness (QED) is 0.866. The Hall–Kier alpha value is -2.07. The maximum atomic E-state index is 9.36. The molecule has 0 saturated carbocycles. The normalized spacial score (nSPS) is 10.2. The second-order valence-corrected chi connectivity index (χ2v) is 3.95. The lowest BCUT2D eigenvalue weighted by Crippen LogP contribution is -2.03. The van der Waals surface area contributed by atoms with Crippen LogP contribution in [-0.4, -0.2) is 16.7 Å². The minimum Gasteiger partial charge on any atom is -0.490 e. The van der Waals surface area contributed by atoms with Gasteiger partial charge in [0.05, 0.1) is 18.9 Å². The SMILES string of the molecule is CCOc1cccc(CO)c1OCc1ccccn1. The molecule has 0 spiro atoms. The van der Waals surface area contributed by atoms with Crippen molar-refractivity contribution < 1.29 is 14.6 Å². The van der Waals surface area contributed by atoms with E-state index in [1.54, 1.807) is 6.20 Å². The smallest absolute Gasteiger partial charge is 0.167 e. The molecule has 2 aromatic rings. The average Bonchev–Trinajstić information content (AvgIpc) is 2.47. The lowest BCUT2D eigenvalue weighted by Gasteiger charge is -2.14. The van der Waals surface area contributed by atoms with E-state index >= 15 is 0 Å². The van der Waals surface area contributed by atoms with Crippen molar-refractivity contribution in [2.24, 2.45) is 0 Å². The summed E-state index contributed by atoms with van der Waals surface area (Å²) in [5.41, 5.74) is 1.54. The van der Waals surface area contributed by atoms with E-state index in [-0.39, 0.29) is 6.61 Å². The van der Waals surface area contributed by atoms with Gasteiger partial charge in [0.15, 0.2) is 11.5 Å². The number of aliphatic hydroxyl groups is 1. The fraction of sp³-hybridized carbons (Fsp3) is 0.267. The van der Waals surface area contributed by atoms with Crippen molar-refractivity contribution in [2.45, 2.75) is 20.1 Å². The standard InChI is InChI=1S/C15H17NO3/c1-2-18-14-8-5-6-12(10-17)15(14)19-11-13-7-3-4-9-16-13/h3-9,17H,2,10-11H2,1H3. The predicted molar refractivity (Wildman–Crippen MR) is 72.1 cm³/mol. The van der Waals surface area contributed by atoms with E-state index in [0.29, 0.717) is 30.3 Å². The van der Waals surface area contributed by atoms with Gasteiger partial charge in [-0.05, 0) is 25.1 Å². The fourth-order valence-corrected chi connectivity index (χ4v) is 1.75. The Bertz CT molecular complexity index is 514. The van der Waals surface area contributed by atoms with Crippen molar-refractivity contribution in [3.63, 3.8) is 0 Å². The van der Waals surface area contributed by atoms with E-state index in [4.69, 9.17) is 9.47 Å². The van der Waals surface area contributed by atoms with E-state index in [1.165, 1.54) is 0 Å². The van der Waals surface area contributed by atoms with Gasteiger partial charge < -0.3 is 14.6 Å². The first kappa shape index (κ1) is 13.4. The lowest BCUT2D eigenvalue weighted by molar-refractivity contribution is 0.241. The molecule has 1 aromatic heterocycles. The highest BCUT2D eigenvalue weighted by Crippen LogP contribution is 2.32. The summed E-state index contributed by atoms with van der Waals surface area (Å²) in [5, 5.41) is 9.36. The van der Waals surface area contributed by atoms with E-state index in [0.717, 1.165) is 5.69 Å². The molecule has 0 amide bonds. The predicted octanol–water partition coefficient (Wildman–Crippen LogP) is 2.55. The molecular formula is C15H17NO3. The zero-order chi connectivity index (χ0) is 13.5. The van der Waals surface area contributed by atoms with Crippen LogP contribution in [0.5, 0.6) is 11.5 Å². The van der Waals surface area contributed by atoms with Gasteiger partial charge in [-0.15, -0.1) is 0 Å². The Labute approximate surface area is 112 Å². The largest absolute Gasteiger partial charge is 0.490 e. The van der Waals surface area contributed by atoms with E-state index in [1.807, 2.05) is 43.3 Å². The Morgan fingerprint density at radius 1 is 1.11 bits per heavy atom. The molecule has 4 nitrogen and oxygen atoms in total. The van der Waals surface area contributed by atoms with Crippen molar-refractivity contribution in [2.75, 3.05) is 6.61 Å². The number of para-hydroxylation sites is 1. The van der Waals surface area contributed by atoms with Crippen LogP contribution in [0.1, 0.15) is 18.2 Å². The van der Waals surface area contributed by atoms with E-state index < -0.39 is 0 Å². The van der Waals surface area contributed by atoms with Crippen molar-refractivity contribution >= 4 is 0 Å². The molecule has 0 fully saturated rings. The third-order valence-corrected chi connectivity index (χ3v) is 2.62. The topological polar surface area (TPSA) is 51.6 Å². The van der Waals surface area contributed by atoms with Crippen LogP contribution in [0.15, 0.2) is 42.6 Å². The van der Waals surface area contributed by atoms with Crippen molar-refractivity contribution in [1.29, 1.82) is 0 Å². The number of benzene rings is 1.